The number of urea groups is 1. The summed E-state index contributed by atoms with van der Waals surface area (Å²) in [5, 5.41) is 3.19. The molecule has 1 saturated heterocycles. The van der Waals surface area contributed by atoms with Gasteiger partial charge in [-0.05, 0) is 19.8 Å². The lowest BCUT2D eigenvalue weighted by Crippen LogP contribution is -2.49. The molecule has 2 aliphatic rings. The van der Waals surface area contributed by atoms with Crippen molar-refractivity contribution in [1.29, 1.82) is 0 Å². The summed E-state index contributed by atoms with van der Waals surface area (Å²) in [4.78, 5) is 22.6. The Balaban J connectivity index is 1.43. The van der Waals surface area contributed by atoms with Gasteiger partial charge < -0.3 is 15.0 Å². The first-order valence-corrected chi connectivity index (χ1v) is 8.72. The molecule has 2 amide bonds. The van der Waals surface area contributed by atoms with Gasteiger partial charge in [0.25, 0.3) is 0 Å². The zero-order valence-electron chi connectivity index (χ0n) is 13.8. The summed E-state index contributed by atoms with van der Waals surface area (Å²) in [6.07, 6.45) is 9.56. The van der Waals surface area contributed by atoms with Gasteiger partial charge in [0.1, 0.15) is 11.9 Å². The number of likely N-dealkylation sites (tertiary alicyclic amines) is 1. The summed E-state index contributed by atoms with van der Waals surface area (Å²) in [5.41, 5.74) is 0. The molecule has 0 unspecified atom stereocenters. The molecular weight excluding hydrogens is 292 g/mol. The number of amides is 2. The number of aromatic nitrogens is 2. The zero-order chi connectivity index (χ0) is 16.1. The van der Waals surface area contributed by atoms with Crippen molar-refractivity contribution in [3.05, 3.63) is 18.1 Å². The van der Waals surface area contributed by atoms with E-state index in [9.17, 15) is 4.79 Å². The first-order chi connectivity index (χ1) is 11.2. The highest BCUT2D eigenvalue weighted by molar-refractivity contribution is 5.74. The lowest BCUT2D eigenvalue weighted by atomic mass is 9.96. The molecule has 1 aromatic heterocycles. The first-order valence-electron chi connectivity index (χ1n) is 8.72. The van der Waals surface area contributed by atoms with E-state index in [2.05, 4.69) is 15.3 Å². The number of hydrogen-bond acceptors (Lipinski definition) is 4. The molecule has 1 aromatic rings. The largest absolute Gasteiger partial charge is 0.474 e. The second-order valence-corrected chi connectivity index (χ2v) is 6.53. The van der Waals surface area contributed by atoms with Crippen molar-refractivity contribution in [2.75, 3.05) is 13.1 Å². The van der Waals surface area contributed by atoms with Crippen LogP contribution in [0.3, 0.4) is 0 Å². The van der Waals surface area contributed by atoms with Crippen molar-refractivity contribution < 1.29 is 9.53 Å². The molecule has 0 aromatic carbocycles. The van der Waals surface area contributed by atoms with Crippen molar-refractivity contribution in [1.82, 2.24) is 20.2 Å². The lowest BCUT2D eigenvalue weighted by molar-refractivity contribution is 0.105. The van der Waals surface area contributed by atoms with Crippen LogP contribution in [0.5, 0.6) is 5.88 Å². The van der Waals surface area contributed by atoms with Gasteiger partial charge in [-0.3, -0.25) is 0 Å². The summed E-state index contributed by atoms with van der Waals surface area (Å²) in [6.45, 7) is 3.34. The Morgan fingerprint density at radius 2 is 1.96 bits per heavy atom. The molecule has 0 spiro atoms. The van der Waals surface area contributed by atoms with Crippen LogP contribution >= 0.6 is 0 Å². The Morgan fingerprint density at radius 1 is 1.22 bits per heavy atom. The van der Waals surface area contributed by atoms with E-state index in [0.717, 1.165) is 38.8 Å². The third-order valence-corrected chi connectivity index (χ3v) is 4.70. The van der Waals surface area contributed by atoms with Crippen LogP contribution in [0.15, 0.2) is 12.3 Å². The van der Waals surface area contributed by atoms with Gasteiger partial charge in [0.05, 0.1) is 0 Å². The average molecular weight is 318 g/mol. The second kappa shape index (κ2) is 7.62. The van der Waals surface area contributed by atoms with Crippen LogP contribution in [0.1, 0.15) is 50.8 Å². The molecule has 3 rings (SSSR count). The molecule has 6 nitrogen and oxygen atoms in total. The topological polar surface area (TPSA) is 67.3 Å². The Hall–Kier alpha value is -1.85. The number of nitrogens with one attached hydrogen (secondary N) is 1. The molecule has 1 aliphatic carbocycles. The van der Waals surface area contributed by atoms with Crippen LogP contribution in [0.4, 0.5) is 4.79 Å². The monoisotopic (exact) mass is 318 g/mol. The standard InChI is InChI=1S/C17H26N4O2/c1-13-18-10-7-16(19-13)23-15-8-11-21(12-9-15)17(22)20-14-5-3-2-4-6-14/h7,10,14-15H,2-6,8-9,11-12H2,1H3,(H,20,22). The van der Waals surface area contributed by atoms with Crippen LogP contribution in [0.25, 0.3) is 0 Å². The average Bonchev–Trinajstić information content (AvgIpc) is 2.56. The Bertz CT molecular complexity index is 523. The van der Waals surface area contributed by atoms with Gasteiger partial charge >= 0.3 is 6.03 Å². The summed E-state index contributed by atoms with van der Waals surface area (Å²) in [5.74, 6) is 1.34. The van der Waals surface area contributed by atoms with Crippen molar-refractivity contribution in [2.24, 2.45) is 0 Å². The predicted molar refractivity (Wildman–Crippen MR) is 87.4 cm³/mol. The van der Waals surface area contributed by atoms with E-state index in [0.29, 0.717) is 17.7 Å². The molecule has 0 bridgehead atoms. The second-order valence-electron chi connectivity index (χ2n) is 6.53. The maximum atomic E-state index is 12.3. The van der Waals surface area contributed by atoms with Gasteiger partial charge in [-0.2, -0.15) is 4.98 Å². The van der Waals surface area contributed by atoms with Gasteiger partial charge in [0.15, 0.2) is 0 Å². The molecule has 126 valence electrons. The molecular formula is C17H26N4O2. The van der Waals surface area contributed by atoms with E-state index in [1.165, 1.54) is 19.3 Å². The third kappa shape index (κ3) is 4.56. The molecule has 0 atom stereocenters. The number of rotatable bonds is 3. The van der Waals surface area contributed by atoms with Crippen LogP contribution < -0.4 is 10.1 Å². The van der Waals surface area contributed by atoms with E-state index >= 15 is 0 Å². The molecule has 1 saturated carbocycles. The Labute approximate surface area is 137 Å². The highest BCUT2D eigenvalue weighted by atomic mass is 16.5. The van der Waals surface area contributed by atoms with Gasteiger partial charge in [-0.15, -0.1) is 0 Å². The summed E-state index contributed by atoms with van der Waals surface area (Å²) < 4.78 is 5.90. The fourth-order valence-corrected chi connectivity index (χ4v) is 3.36. The van der Waals surface area contributed by atoms with Gasteiger partial charge in [-0.25, -0.2) is 9.78 Å². The van der Waals surface area contributed by atoms with E-state index < -0.39 is 0 Å². The number of aryl methyl sites for hydroxylation is 1. The summed E-state index contributed by atoms with van der Waals surface area (Å²) >= 11 is 0. The molecule has 2 heterocycles. The number of hydrogen-bond donors (Lipinski definition) is 1. The van der Waals surface area contributed by atoms with E-state index in [1.807, 2.05) is 11.8 Å². The summed E-state index contributed by atoms with van der Waals surface area (Å²) in [7, 11) is 0. The molecule has 1 N–H and O–H groups in total. The van der Waals surface area contributed by atoms with Crippen LogP contribution in [-0.4, -0.2) is 46.1 Å². The van der Waals surface area contributed by atoms with Crippen molar-refractivity contribution in [3.8, 4) is 5.88 Å². The minimum atomic E-state index is 0.0910. The molecule has 2 fully saturated rings. The molecule has 0 radical (unpaired) electrons. The number of piperidine rings is 1. The minimum absolute atomic E-state index is 0.0910. The highest BCUT2D eigenvalue weighted by Crippen LogP contribution is 2.20. The fraction of sp³-hybridized carbons (Fsp3) is 0.706. The molecule has 6 heteroatoms. The maximum Gasteiger partial charge on any atom is 0.317 e. The van der Waals surface area contributed by atoms with Crippen molar-refractivity contribution in [3.63, 3.8) is 0 Å². The Morgan fingerprint density at radius 3 is 2.65 bits per heavy atom. The van der Waals surface area contributed by atoms with Gasteiger partial charge in [0, 0.05) is 44.2 Å². The highest BCUT2D eigenvalue weighted by Gasteiger charge is 2.26. The maximum absolute atomic E-state index is 12.3. The van der Waals surface area contributed by atoms with Crippen LogP contribution in [0, 0.1) is 6.92 Å². The molecule has 23 heavy (non-hydrogen) atoms. The number of carbonyl (C=O) groups excluding carboxylic acids is 1. The minimum Gasteiger partial charge on any atom is -0.474 e. The normalized spacial score (nSPS) is 20.3. The number of nitrogens with zero attached hydrogens (tertiary/aromatic N) is 3. The van der Waals surface area contributed by atoms with Crippen molar-refractivity contribution in [2.45, 2.75) is 64.0 Å². The number of ether oxygens (including phenoxy) is 1. The van der Waals surface area contributed by atoms with Gasteiger partial charge in [0.2, 0.25) is 5.88 Å². The lowest BCUT2D eigenvalue weighted by Gasteiger charge is -2.33. The molecule has 1 aliphatic heterocycles. The zero-order valence-corrected chi connectivity index (χ0v) is 13.8. The predicted octanol–water partition coefficient (Wildman–Crippen LogP) is 2.67. The van der Waals surface area contributed by atoms with E-state index in [4.69, 9.17) is 4.74 Å². The first kappa shape index (κ1) is 16.0. The number of carbonyl (C=O) groups is 1. The third-order valence-electron chi connectivity index (χ3n) is 4.70. The quantitative estimate of drug-likeness (QED) is 0.930. The van der Waals surface area contributed by atoms with E-state index in [1.54, 1.807) is 12.3 Å². The fourth-order valence-electron chi connectivity index (χ4n) is 3.36. The summed E-state index contributed by atoms with van der Waals surface area (Å²) in [6, 6.07) is 2.25. The Kier molecular flexibility index (Phi) is 5.31. The van der Waals surface area contributed by atoms with Crippen molar-refractivity contribution >= 4 is 6.03 Å². The van der Waals surface area contributed by atoms with Crippen LogP contribution in [-0.2, 0) is 0 Å². The van der Waals surface area contributed by atoms with Gasteiger partial charge in [-0.1, -0.05) is 19.3 Å². The van der Waals surface area contributed by atoms with E-state index in [-0.39, 0.29) is 12.1 Å². The SMILES string of the molecule is Cc1nccc(OC2CCN(C(=O)NC3CCCCC3)CC2)n1. The van der Waals surface area contributed by atoms with Crippen LogP contribution in [0.2, 0.25) is 0 Å². The smallest absolute Gasteiger partial charge is 0.317 e.